The van der Waals surface area contributed by atoms with Gasteiger partial charge in [-0.25, -0.2) is 4.79 Å². The molecule has 0 radical (unpaired) electrons. The Hall–Kier alpha value is -0.730. The topological polar surface area (TPSA) is 41.1 Å². The van der Waals surface area contributed by atoms with Gasteiger partial charge in [0.15, 0.2) is 0 Å². The Morgan fingerprint density at radius 3 is 1.36 bits per heavy atom. The van der Waals surface area contributed by atoms with Crippen LogP contribution in [-0.2, 0) is 0 Å². The van der Waals surface area contributed by atoms with Gasteiger partial charge >= 0.3 is 6.03 Å². The van der Waals surface area contributed by atoms with Crippen molar-refractivity contribution in [1.82, 2.24) is 10.6 Å². The maximum atomic E-state index is 13.4. The van der Waals surface area contributed by atoms with Crippen molar-refractivity contribution in [3.05, 3.63) is 0 Å². The molecule has 3 heteroatoms. The molecule has 156 valence electrons. The molecule has 8 aliphatic rings. The number of urea groups is 1. The molecule has 8 atom stereocenters. The second-order valence-corrected chi connectivity index (χ2v) is 12.8. The number of carbonyl (C=O) groups is 1. The number of carbonyl (C=O) groups excluding carboxylic acids is 1. The molecular formula is C25H40N2O. The highest BCUT2D eigenvalue weighted by atomic mass is 16.2. The number of rotatable bonds is 4. The molecule has 2 amide bonds. The van der Waals surface area contributed by atoms with Crippen molar-refractivity contribution < 1.29 is 4.79 Å². The molecule has 2 N–H and O–H groups in total. The molecule has 0 aromatic carbocycles. The van der Waals surface area contributed by atoms with Crippen LogP contribution in [-0.4, -0.2) is 17.1 Å². The minimum atomic E-state index is 0.106. The second kappa shape index (κ2) is 5.70. The quantitative estimate of drug-likeness (QED) is 0.633. The van der Waals surface area contributed by atoms with E-state index in [0.717, 1.165) is 23.7 Å². The highest BCUT2D eigenvalue weighted by Crippen LogP contribution is 2.64. The molecule has 0 saturated heterocycles. The van der Waals surface area contributed by atoms with Crippen LogP contribution in [0.15, 0.2) is 0 Å². The van der Waals surface area contributed by atoms with E-state index in [0.29, 0.717) is 10.8 Å². The Morgan fingerprint density at radius 2 is 1.04 bits per heavy atom. The number of hydrogen-bond donors (Lipinski definition) is 2. The molecule has 8 aliphatic carbocycles. The highest BCUT2D eigenvalue weighted by molar-refractivity contribution is 5.76. The van der Waals surface area contributed by atoms with Gasteiger partial charge < -0.3 is 10.6 Å². The van der Waals surface area contributed by atoms with Gasteiger partial charge in [0.05, 0.1) is 0 Å². The summed E-state index contributed by atoms with van der Waals surface area (Å²) in [5, 5.41) is 7.28. The Balaban J connectivity index is 1.19. The molecule has 0 aromatic rings. The van der Waals surface area contributed by atoms with Crippen molar-refractivity contribution in [3.8, 4) is 0 Å². The van der Waals surface area contributed by atoms with Gasteiger partial charge in [-0.2, -0.15) is 0 Å². The van der Waals surface area contributed by atoms with Crippen LogP contribution in [0, 0.1) is 34.5 Å². The standard InChI is InChI=1S/C25H40N2O/c1-3-22-7-17-5-18(8-22)12-24(11-17,15-22)26-21(28)27-25-13-19-6-20(14-25)10-23(4-2,9-19)16-25/h17-20H,3-16H2,1-2H3,(H2,26,27,28)/t17-,18+,19-,20+,22?,23?,24?,25?. The Morgan fingerprint density at radius 1 is 0.679 bits per heavy atom. The first-order valence-corrected chi connectivity index (χ1v) is 12.5. The summed E-state index contributed by atoms with van der Waals surface area (Å²) in [5.41, 5.74) is 1.28. The Kier molecular flexibility index (Phi) is 3.68. The van der Waals surface area contributed by atoms with E-state index in [9.17, 15) is 4.79 Å². The summed E-state index contributed by atoms with van der Waals surface area (Å²) >= 11 is 0. The molecule has 3 nitrogen and oxygen atoms in total. The molecule has 8 rings (SSSR count). The Bertz CT molecular complexity index is 600. The monoisotopic (exact) mass is 384 g/mol. The van der Waals surface area contributed by atoms with Gasteiger partial charge in [0.2, 0.25) is 0 Å². The first-order chi connectivity index (χ1) is 13.4. The van der Waals surface area contributed by atoms with E-state index in [1.807, 2.05) is 0 Å². The fourth-order valence-electron chi connectivity index (χ4n) is 10.5. The largest absolute Gasteiger partial charge is 0.333 e. The number of nitrogens with one attached hydrogen (secondary N) is 2. The lowest BCUT2D eigenvalue weighted by atomic mass is 9.46. The third-order valence-corrected chi connectivity index (χ3v) is 10.6. The third-order valence-electron chi connectivity index (χ3n) is 10.6. The van der Waals surface area contributed by atoms with E-state index >= 15 is 0 Å². The summed E-state index contributed by atoms with van der Waals surface area (Å²) in [4.78, 5) is 13.4. The molecular weight excluding hydrogens is 344 g/mol. The van der Waals surface area contributed by atoms with Crippen molar-refractivity contribution >= 4 is 6.03 Å². The van der Waals surface area contributed by atoms with Gasteiger partial charge in [-0.05, 0) is 112 Å². The zero-order valence-electron chi connectivity index (χ0n) is 18.1. The summed E-state index contributed by atoms with van der Waals surface area (Å²) in [6.45, 7) is 4.78. The summed E-state index contributed by atoms with van der Waals surface area (Å²) in [7, 11) is 0. The van der Waals surface area contributed by atoms with Crippen LogP contribution in [0.3, 0.4) is 0 Å². The normalized spacial score (nSPS) is 55.5. The van der Waals surface area contributed by atoms with E-state index in [1.54, 1.807) is 0 Å². The van der Waals surface area contributed by atoms with Crippen LogP contribution in [0.4, 0.5) is 4.79 Å². The number of amides is 2. The van der Waals surface area contributed by atoms with Gasteiger partial charge in [-0.3, -0.25) is 0 Å². The molecule has 8 fully saturated rings. The van der Waals surface area contributed by atoms with Crippen LogP contribution in [0.2, 0.25) is 0 Å². The molecule has 28 heavy (non-hydrogen) atoms. The van der Waals surface area contributed by atoms with Crippen molar-refractivity contribution in [2.45, 2.75) is 115 Å². The van der Waals surface area contributed by atoms with E-state index in [1.165, 1.54) is 89.9 Å². The molecule has 0 aromatic heterocycles. The second-order valence-electron chi connectivity index (χ2n) is 12.8. The van der Waals surface area contributed by atoms with Crippen LogP contribution in [0.1, 0.15) is 104 Å². The summed E-state index contributed by atoms with van der Waals surface area (Å²) in [6.07, 6.45) is 18.6. The van der Waals surface area contributed by atoms with Crippen LogP contribution < -0.4 is 10.6 Å². The predicted octanol–water partition coefficient (Wildman–Crippen LogP) is 5.78. The van der Waals surface area contributed by atoms with Gasteiger partial charge in [-0.15, -0.1) is 0 Å². The maximum Gasteiger partial charge on any atom is 0.315 e. The lowest BCUT2D eigenvalue weighted by Gasteiger charge is -2.63. The molecule has 4 unspecified atom stereocenters. The van der Waals surface area contributed by atoms with Crippen molar-refractivity contribution in [2.75, 3.05) is 0 Å². The van der Waals surface area contributed by atoms with Gasteiger partial charge in [0, 0.05) is 11.1 Å². The van der Waals surface area contributed by atoms with Crippen LogP contribution in [0.5, 0.6) is 0 Å². The number of hydrogen-bond acceptors (Lipinski definition) is 1. The van der Waals surface area contributed by atoms with Crippen molar-refractivity contribution in [2.24, 2.45) is 34.5 Å². The van der Waals surface area contributed by atoms with Crippen molar-refractivity contribution in [1.29, 1.82) is 0 Å². The molecule has 0 spiro atoms. The maximum absolute atomic E-state index is 13.4. The molecule has 8 bridgehead atoms. The molecule has 0 heterocycles. The fourth-order valence-corrected chi connectivity index (χ4v) is 10.5. The van der Waals surface area contributed by atoms with Crippen molar-refractivity contribution in [3.63, 3.8) is 0 Å². The SMILES string of the molecule is CCC12C[C@H]3C[C@@H](C1)CC(NC(=O)NC14C[C@@H]5C[C@@H](CC(CC)(C5)C1)C4)(C3)C2. The Labute approximate surface area is 171 Å². The van der Waals surface area contributed by atoms with E-state index in [4.69, 9.17) is 0 Å². The zero-order chi connectivity index (χ0) is 19.2. The predicted molar refractivity (Wildman–Crippen MR) is 112 cm³/mol. The van der Waals surface area contributed by atoms with E-state index in [-0.39, 0.29) is 17.1 Å². The smallest absolute Gasteiger partial charge is 0.315 e. The van der Waals surface area contributed by atoms with Gasteiger partial charge in [0.25, 0.3) is 0 Å². The average Bonchev–Trinajstić information content (AvgIpc) is 2.58. The minimum absolute atomic E-state index is 0.106. The highest BCUT2D eigenvalue weighted by Gasteiger charge is 2.59. The lowest BCUT2D eigenvalue weighted by molar-refractivity contribution is -0.0857. The fraction of sp³-hybridized carbons (Fsp3) is 0.960. The van der Waals surface area contributed by atoms with Crippen LogP contribution >= 0.6 is 0 Å². The zero-order valence-corrected chi connectivity index (χ0v) is 18.1. The molecule has 8 saturated carbocycles. The average molecular weight is 385 g/mol. The first-order valence-electron chi connectivity index (χ1n) is 12.5. The first kappa shape index (κ1) is 18.1. The summed E-state index contributed by atoms with van der Waals surface area (Å²) < 4.78 is 0. The van der Waals surface area contributed by atoms with E-state index in [2.05, 4.69) is 24.5 Å². The summed E-state index contributed by atoms with van der Waals surface area (Å²) in [6, 6.07) is 0.182. The lowest BCUT2D eigenvalue weighted by Crippen LogP contribution is -2.68. The third kappa shape index (κ3) is 2.63. The van der Waals surface area contributed by atoms with E-state index < -0.39 is 0 Å². The summed E-state index contributed by atoms with van der Waals surface area (Å²) in [5.74, 6) is 3.46. The minimum Gasteiger partial charge on any atom is -0.333 e. The van der Waals surface area contributed by atoms with Gasteiger partial charge in [0.1, 0.15) is 0 Å². The molecule has 0 aliphatic heterocycles. The van der Waals surface area contributed by atoms with Gasteiger partial charge in [-0.1, -0.05) is 26.7 Å². The van der Waals surface area contributed by atoms with Crippen LogP contribution in [0.25, 0.3) is 0 Å².